The van der Waals surface area contributed by atoms with Crippen molar-refractivity contribution in [1.29, 1.82) is 0 Å². The summed E-state index contributed by atoms with van der Waals surface area (Å²) in [5, 5.41) is 0. The van der Waals surface area contributed by atoms with E-state index in [2.05, 4.69) is 0 Å². The van der Waals surface area contributed by atoms with E-state index < -0.39 is 0 Å². The molecule has 0 amide bonds. The molecule has 0 spiro atoms. The summed E-state index contributed by atoms with van der Waals surface area (Å²) in [7, 11) is 1.64. The van der Waals surface area contributed by atoms with Gasteiger partial charge >= 0.3 is 0 Å². The van der Waals surface area contributed by atoms with Gasteiger partial charge in [-0.15, -0.1) is 0 Å². The molecule has 0 radical (unpaired) electrons. The molecule has 0 aromatic heterocycles. The fourth-order valence-electron chi connectivity index (χ4n) is 1.64. The van der Waals surface area contributed by atoms with Gasteiger partial charge < -0.3 is 4.74 Å². The van der Waals surface area contributed by atoms with Crippen LogP contribution in [0.25, 0.3) is 0 Å². The monoisotopic (exact) mass is 220 g/mol. The molecule has 1 rings (SSSR count). The first-order chi connectivity index (χ1) is 7.58. The van der Waals surface area contributed by atoms with E-state index in [0.29, 0.717) is 6.42 Å². The standard InChI is InChI=1S/C14H20O2/c1-5-11(3)13(15)9-12-8-10(2)6-7-14(12)16-4/h6-8,11H,5,9H2,1-4H3. The predicted molar refractivity (Wildman–Crippen MR) is 65.9 cm³/mol. The molecule has 88 valence electrons. The zero-order chi connectivity index (χ0) is 12.1. The molecule has 0 aliphatic rings. The zero-order valence-corrected chi connectivity index (χ0v) is 10.5. The van der Waals surface area contributed by atoms with Crippen molar-refractivity contribution in [1.82, 2.24) is 0 Å². The van der Waals surface area contributed by atoms with E-state index in [-0.39, 0.29) is 11.7 Å². The molecule has 1 unspecified atom stereocenters. The summed E-state index contributed by atoms with van der Waals surface area (Å²) in [6, 6.07) is 5.95. The Kier molecular flexibility index (Phi) is 4.53. The Balaban J connectivity index is 2.87. The van der Waals surface area contributed by atoms with Gasteiger partial charge in [-0.1, -0.05) is 31.5 Å². The minimum absolute atomic E-state index is 0.130. The van der Waals surface area contributed by atoms with Crippen molar-refractivity contribution in [3.05, 3.63) is 29.3 Å². The van der Waals surface area contributed by atoms with E-state index in [1.807, 2.05) is 39.0 Å². The second kappa shape index (κ2) is 5.69. The second-order valence-corrected chi connectivity index (χ2v) is 4.27. The Morgan fingerprint density at radius 2 is 2.12 bits per heavy atom. The van der Waals surface area contributed by atoms with Crippen LogP contribution >= 0.6 is 0 Å². The lowest BCUT2D eigenvalue weighted by atomic mass is 9.96. The average molecular weight is 220 g/mol. The van der Waals surface area contributed by atoms with Gasteiger partial charge in [0.25, 0.3) is 0 Å². The highest BCUT2D eigenvalue weighted by molar-refractivity contribution is 5.83. The first kappa shape index (κ1) is 12.8. The number of methoxy groups -OCH3 is 1. The third-order valence-electron chi connectivity index (χ3n) is 2.96. The summed E-state index contributed by atoms with van der Waals surface area (Å²) in [6.45, 7) is 6.04. The van der Waals surface area contributed by atoms with E-state index >= 15 is 0 Å². The summed E-state index contributed by atoms with van der Waals surface area (Å²) in [4.78, 5) is 11.9. The first-order valence-electron chi connectivity index (χ1n) is 5.74. The molecule has 0 heterocycles. The third kappa shape index (κ3) is 3.09. The fourth-order valence-corrected chi connectivity index (χ4v) is 1.64. The van der Waals surface area contributed by atoms with Crippen molar-refractivity contribution >= 4 is 5.78 Å². The molecule has 0 saturated carbocycles. The lowest BCUT2D eigenvalue weighted by Crippen LogP contribution is -2.13. The van der Waals surface area contributed by atoms with Gasteiger partial charge in [-0.25, -0.2) is 0 Å². The van der Waals surface area contributed by atoms with E-state index in [9.17, 15) is 4.79 Å². The summed E-state index contributed by atoms with van der Waals surface area (Å²) in [5.74, 6) is 1.22. The number of hydrogen-bond acceptors (Lipinski definition) is 2. The molecule has 2 heteroatoms. The van der Waals surface area contributed by atoms with Crippen LogP contribution in [-0.2, 0) is 11.2 Å². The molecule has 1 atom stereocenters. The zero-order valence-electron chi connectivity index (χ0n) is 10.5. The Morgan fingerprint density at radius 1 is 1.44 bits per heavy atom. The largest absolute Gasteiger partial charge is 0.496 e. The Hall–Kier alpha value is -1.31. The van der Waals surface area contributed by atoms with Gasteiger partial charge in [-0.3, -0.25) is 4.79 Å². The summed E-state index contributed by atoms with van der Waals surface area (Å²) < 4.78 is 5.26. The van der Waals surface area contributed by atoms with Gasteiger partial charge in [0.05, 0.1) is 7.11 Å². The highest BCUT2D eigenvalue weighted by atomic mass is 16.5. The van der Waals surface area contributed by atoms with Gasteiger partial charge in [0.2, 0.25) is 0 Å². The predicted octanol–water partition coefficient (Wildman–Crippen LogP) is 3.16. The molecule has 0 fully saturated rings. The van der Waals surface area contributed by atoms with Crippen LogP contribution in [0.15, 0.2) is 18.2 Å². The van der Waals surface area contributed by atoms with Gasteiger partial charge in [0.1, 0.15) is 11.5 Å². The SMILES string of the molecule is CCC(C)C(=O)Cc1cc(C)ccc1OC. The maximum atomic E-state index is 11.9. The molecule has 0 aliphatic heterocycles. The first-order valence-corrected chi connectivity index (χ1v) is 5.74. The van der Waals surface area contributed by atoms with Gasteiger partial charge in [-0.05, 0) is 19.4 Å². The fraction of sp³-hybridized carbons (Fsp3) is 0.500. The van der Waals surface area contributed by atoms with Crippen LogP contribution in [0.2, 0.25) is 0 Å². The van der Waals surface area contributed by atoms with Crippen molar-refractivity contribution in [2.75, 3.05) is 7.11 Å². The lowest BCUT2D eigenvalue weighted by molar-refractivity contribution is -0.121. The molecule has 16 heavy (non-hydrogen) atoms. The minimum Gasteiger partial charge on any atom is -0.496 e. The Morgan fingerprint density at radius 3 is 2.69 bits per heavy atom. The minimum atomic E-state index is 0.130. The molecule has 1 aromatic carbocycles. The summed E-state index contributed by atoms with van der Waals surface area (Å²) in [5.41, 5.74) is 2.15. The normalized spacial score (nSPS) is 12.2. The van der Waals surface area contributed by atoms with E-state index in [0.717, 1.165) is 23.3 Å². The van der Waals surface area contributed by atoms with Crippen LogP contribution < -0.4 is 4.74 Å². The number of Topliss-reactive ketones (excluding diaryl/α,β-unsaturated/α-hetero) is 1. The third-order valence-corrected chi connectivity index (χ3v) is 2.96. The van der Waals surface area contributed by atoms with Crippen LogP contribution in [0.5, 0.6) is 5.75 Å². The number of carbonyl (C=O) groups excluding carboxylic acids is 1. The van der Waals surface area contributed by atoms with E-state index in [1.54, 1.807) is 7.11 Å². The molecule has 1 aromatic rings. The Labute approximate surface area is 97.6 Å². The van der Waals surface area contributed by atoms with Crippen LogP contribution in [0.1, 0.15) is 31.4 Å². The number of aryl methyl sites for hydroxylation is 1. The quantitative estimate of drug-likeness (QED) is 0.762. The molecule has 2 nitrogen and oxygen atoms in total. The van der Waals surface area contributed by atoms with Crippen molar-refractivity contribution in [3.8, 4) is 5.75 Å². The highest BCUT2D eigenvalue weighted by Gasteiger charge is 2.14. The molecular weight excluding hydrogens is 200 g/mol. The van der Waals surface area contributed by atoms with Gasteiger partial charge in [0.15, 0.2) is 0 Å². The van der Waals surface area contributed by atoms with Crippen molar-refractivity contribution in [2.24, 2.45) is 5.92 Å². The Bertz CT molecular complexity index is 369. The number of carbonyl (C=O) groups is 1. The van der Waals surface area contributed by atoms with E-state index in [4.69, 9.17) is 4.74 Å². The number of hydrogen-bond donors (Lipinski definition) is 0. The van der Waals surface area contributed by atoms with Gasteiger partial charge in [-0.2, -0.15) is 0 Å². The van der Waals surface area contributed by atoms with Crippen molar-refractivity contribution in [2.45, 2.75) is 33.6 Å². The smallest absolute Gasteiger partial charge is 0.140 e. The van der Waals surface area contributed by atoms with Crippen LogP contribution in [0, 0.1) is 12.8 Å². The van der Waals surface area contributed by atoms with Gasteiger partial charge in [0, 0.05) is 17.9 Å². The molecule has 0 aliphatic carbocycles. The average Bonchev–Trinajstić information content (AvgIpc) is 2.28. The second-order valence-electron chi connectivity index (χ2n) is 4.27. The topological polar surface area (TPSA) is 26.3 Å². The molecule has 0 N–H and O–H groups in total. The number of benzene rings is 1. The van der Waals surface area contributed by atoms with Crippen LogP contribution in [0.4, 0.5) is 0 Å². The van der Waals surface area contributed by atoms with Crippen LogP contribution in [0.3, 0.4) is 0 Å². The number of ether oxygens (including phenoxy) is 1. The summed E-state index contributed by atoms with van der Waals surface area (Å²) >= 11 is 0. The molecule has 0 bridgehead atoms. The highest BCUT2D eigenvalue weighted by Crippen LogP contribution is 2.21. The molecular formula is C14H20O2. The maximum absolute atomic E-state index is 11.9. The van der Waals surface area contributed by atoms with Crippen LogP contribution in [-0.4, -0.2) is 12.9 Å². The summed E-state index contributed by atoms with van der Waals surface area (Å²) in [6.07, 6.45) is 1.37. The maximum Gasteiger partial charge on any atom is 0.140 e. The van der Waals surface area contributed by atoms with E-state index in [1.165, 1.54) is 0 Å². The number of ketones is 1. The lowest BCUT2D eigenvalue weighted by Gasteiger charge is -2.11. The van der Waals surface area contributed by atoms with Crippen molar-refractivity contribution < 1.29 is 9.53 Å². The molecule has 0 saturated heterocycles. The van der Waals surface area contributed by atoms with Crippen molar-refractivity contribution in [3.63, 3.8) is 0 Å². The number of rotatable bonds is 5.